The molecule has 1 saturated carbocycles. The lowest BCUT2D eigenvalue weighted by Crippen LogP contribution is -2.39. The molecule has 1 fully saturated rings. The number of hydrogen-bond donors (Lipinski definition) is 2. The first kappa shape index (κ1) is 17.6. The second-order valence-corrected chi connectivity index (χ2v) is 5.30. The van der Waals surface area contributed by atoms with Crippen molar-refractivity contribution < 1.29 is 4.52 Å². The standard InChI is InChI=1S/C15H20N6O.HI/c1-16-15(19-10-11-5-6-11)18-9-7-13-20-14(22-21-13)12-4-2-3-8-17-12;/h2-4,8,11H,5-7,9-10H2,1H3,(H2,16,18,19);1H. The van der Waals surface area contributed by atoms with Gasteiger partial charge in [-0.15, -0.1) is 24.0 Å². The molecule has 8 heteroatoms. The second kappa shape index (κ2) is 8.80. The van der Waals surface area contributed by atoms with Gasteiger partial charge in [0.15, 0.2) is 11.8 Å². The second-order valence-electron chi connectivity index (χ2n) is 5.30. The minimum Gasteiger partial charge on any atom is -0.356 e. The molecule has 124 valence electrons. The van der Waals surface area contributed by atoms with Gasteiger partial charge in [0.25, 0.3) is 5.89 Å². The highest BCUT2D eigenvalue weighted by atomic mass is 127. The molecule has 0 amide bonds. The van der Waals surface area contributed by atoms with Gasteiger partial charge in [-0.2, -0.15) is 4.98 Å². The normalized spacial score (nSPS) is 14.2. The summed E-state index contributed by atoms with van der Waals surface area (Å²) in [5.74, 6) is 2.75. The number of hydrogen-bond acceptors (Lipinski definition) is 5. The van der Waals surface area contributed by atoms with Crippen LogP contribution in [-0.4, -0.2) is 41.2 Å². The van der Waals surface area contributed by atoms with E-state index in [2.05, 4.69) is 30.8 Å². The van der Waals surface area contributed by atoms with E-state index in [4.69, 9.17) is 4.52 Å². The molecular formula is C15H21IN6O. The van der Waals surface area contributed by atoms with Crippen molar-refractivity contribution in [1.82, 2.24) is 25.8 Å². The molecule has 0 saturated heterocycles. The zero-order chi connectivity index (χ0) is 15.2. The van der Waals surface area contributed by atoms with Gasteiger partial charge in [-0.05, 0) is 30.9 Å². The first-order valence-electron chi connectivity index (χ1n) is 7.53. The van der Waals surface area contributed by atoms with Crippen molar-refractivity contribution in [3.63, 3.8) is 0 Å². The minimum absolute atomic E-state index is 0. The number of halogens is 1. The zero-order valence-corrected chi connectivity index (χ0v) is 15.4. The monoisotopic (exact) mass is 428 g/mol. The molecule has 0 aliphatic heterocycles. The molecule has 23 heavy (non-hydrogen) atoms. The fourth-order valence-corrected chi connectivity index (χ4v) is 2.03. The summed E-state index contributed by atoms with van der Waals surface area (Å²) in [5, 5.41) is 10.5. The third-order valence-corrected chi connectivity index (χ3v) is 3.47. The van der Waals surface area contributed by atoms with Crippen LogP contribution in [0.1, 0.15) is 18.7 Å². The van der Waals surface area contributed by atoms with E-state index in [1.165, 1.54) is 12.8 Å². The Bertz CT molecular complexity index is 626. The summed E-state index contributed by atoms with van der Waals surface area (Å²) >= 11 is 0. The summed E-state index contributed by atoms with van der Waals surface area (Å²) in [4.78, 5) is 12.7. The molecular weight excluding hydrogens is 407 g/mol. The molecule has 0 atom stereocenters. The Kier molecular flexibility index (Phi) is 6.75. The van der Waals surface area contributed by atoms with Crippen molar-refractivity contribution >= 4 is 29.9 Å². The molecule has 2 N–H and O–H groups in total. The molecule has 2 aromatic heterocycles. The van der Waals surface area contributed by atoms with Gasteiger partial charge in [0.05, 0.1) is 0 Å². The first-order valence-corrected chi connectivity index (χ1v) is 7.53. The lowest BCUT2D eigenvalue weighted by molar-refractivity contribution is 0.421. The SMILES string of the molecule is CN=C(NCCc1noc(-c2ccccn2)n1)NCC1CC1.I. The van der Waals surface area contributed by atoms with Crippen molar-refractivity contribution in [2.24, 2.45) is 10.9 Å². The van der Waals surface area contributed by atoms with Crippen LogP contribution in [0.2, 0.25) is 0 Å². The maximum Gasteiger partial charge on any atom is 0.276 e. The van der Waals surface area contributed by atoms with Crippen LogP contribution in [0.5, 0.6) is 0 Å². The average molecular weight is 428 g/mol. The van der Waals surface area contributed by atoms with E-state index in [1.54, 1.807) is 13.2 Å². The Morgan fingerprint density at radius 3 is 2.91 bits per heavy atom. The molecule has 1 aliphatic rings. The van der Waals surface area contributed by atoms with Gasteiger partial charge in [-0.25, -0.2) is 0 Å². The van der Waals surface area contributed by atoms with Gasteiger partial charge in [-0.1, -0.05) is 11.2 Å². The summed E-state index contributed by atoms with van der Waals surface area (Å²) in [6.45, 7) is 1.69. The third-order valence-electron chi connectivity index (χ3n) is 3.47. The Hall–Kier alpha value is -1.71. The van der Waals surface area contributed by atoms with Crippen LogP contribution >= 0.6 is 24.0 Å². The lowest BCUT2D eigenvalue weighted by atomic mass is 10.3. The van der Waals surface area contributed by atoms with Crippen LogP contribution in [0.25, 0.3) is 11.6 Å². The Labute approximate surface area is 152 Å². The summed E-state index contributed by atoms with van der Waals surface area (Å²) in [5.41, 5.74) is 0.691. The fourth-order valence-electron chi connectivity index (χ4n) is 2.03. The van der Waals surface area contributed by atoms with Crippen LogP contribution in [0.3, 0.4) is 0 Å². The maximum absolute atomic E-state index is 5.22. The van der Waals surface area contributed by atoms with Gasteiger partial charge in [-0.3, -0.25) is 9.98 Å². The summed E-state index contributed by atoms with van der Waals surface area (Å²) in [6, 6.07) is 5.59. The number of rotatable bonds is 6. The summed E-state index contributed by atoms with van der Waals surface area (Å²) < 4.78 is 5.22. The van der Waals surface area contributed by atoms with E-state index in [0.29, 0.717) is 30.4 Å². The van der Waals surface area contributed by atoms with Gasteiger partial charge < -0.3 is 15.2 Å². The number of aliphatic imine (C=N–C) groups is 1. The number of nitrogens with zero attached hydrogens (tertiary/aromatic N) is 4. The highest BCUT2D eigenvalue weighted by Crippen LogP contribution is 2.27. The van der Waals surface area contributed by atoms with Crippen LogP contribution < -0.4 is 10.6 Å². The van der Waals surface area contributed by atoms with E-state index in [9.17, 15) is 0 Å². The van der Waals surface area contributed by atoms with Crippen LogP contribution in [0.4, 0.5) is 0 Å². The highest BCUT2D eigenvalue weighted by Gasteiger charge is 2.21. The first-order chi connectivity index (χ1) is 10.8. The quantitative estimate of drug-likeness (QED) is 0.415. The number of nitrogens with one attached hydrogen (secondary N) is 2. The van der Waals surface area contributed by atoms with Crippen molar-refractivity contribution in [3.8, 4) is 11.6 Å². The van der Waals surface area contributed by atoms with Crippen LogP contribution in [-0.2, 0) is 6.42 Å². The number of aromatic nitrogens is 3. The predicted molar refractivity (Wildman–Crippen MR) is 98.7 cm³/mol. The number of pyridine rings is 1. The van der Waals surface area contributed by atoms with E-state index in [-0.39, 0.29) is 24.0 Å². The largest absolute Gasteiger partial charge is 0.356 e. The van der Waals surface area contributed by atoms with Gasteiger partial charge in [0.1, 0.15) is 5.69 Å². The van der Waals surface area contributed by atoms with Gasteiger partial charge in [0.2, 0.25) is 0 Å². The van der Waals surface area contributed by atoms with Crippen molar-refractivity contribution in [2.75, 3.05) is 20.1 Å². The third kappa shape index (κ3) is 5.45. The molecule has 2 aromatic rings. The summed E-state index contributed by atoms with van der Waals surface area (Å²) in [6.07, 6.45) is 5.02. The Balaban J connectivity index is 0.00000192. The fraction of sp³-hybridized carbons (Fsp3) is 0.467. The van der Waals surface area contributed by atoms with Gasteiger partial charge >= 0.3 is 0 Å². The molecule has 7 nitrogen and oxygen atoms in total. The molecule has 0 unspecified atom stereocenters. The number of guanidine groups is 1. The molecule has 2 heterocycles. The Morgan fingerprint density at radius 2 is 2.22 bits per heavy atom. The van der Waals surface area contributed by atoms with Crippen molar-refractivity contribution in [2.45, 2.75) is 19.3 Å². The van der Waals surface area contributed by atoms with Crippen LogP contribution in [0, 0.1) is 5.92 Å². The van der Waals surface area contributed by atoms with Gasteiger partial charge in [0, 0.05) is 32.8 Å². The van der Waals surface area contributed by atoms with Crippen LogP contribution in [0.15, 0.2) is 33.9 Å². The lowest BCUT2D eigenvalue weighted by Gasteiger charge is -2.10. The van der Waals surface area contributed by atoms with Crippen molar-refractivity contribution in [1.29, 1.82) is 0 Å². The smallest absolute Gasteiger partial charge is 0.276 e. The molecule has 1 aliphatic carbocycles. The molecule has 0 radical (unpaired) electrons. The molecule has 0 spiro atoms. The predicted octanol–water partition coefficient (Wildman–Crippen LogP) is 1.87. The summed E-state index contributed by atoms with van der Waals surface area (Å²) in [7, 11) is 1.77. The zero-order valence-electron chi connectivity index (χ0n) is 13.0. The Morgan fingerprint density at radius 1 is 1.35 bits per heavy atom. The van der Waals surface area contributed by atoms with Crippen molar-refractivity contribution in [3.05, 3.63) is 30.2 Å². The molecule has 3 rings (SSSR count). The van der Waals surface area contributed by atoms with E-state index < -0.39 is 0 Å². The van der Waals surface area contributed by atoms with E-state index in [1.807, 2.05) is 18.2 Å². The maximum atomic E-state index is 5.22. The molecule has 0 aromatic carbocycles. The average Bonchev–Trinajstić information content (AvgIpc) is 3.28. The topological polar surface area (TPSA) is 88.2 Å². The van der Waals surface area contributed by atoms with E-state index >= 15 is 0 Å². The highest BCUT2D eigenvalue weighted by molar-refractivity contribution is 14.0. The minimum atomic E-state index is 0. The molecule has 0 bridgehead atoms. The van der Waals surface area contributed by atoms with E-state index in [0.717, 1.165) is 18.4 Å².